The highest BCUT2D eigenvalue weighted by Crippen LogP contribution is 2.58. The summed E-state index contributed by atoms with van der Waals surface area (Å²) in [6.45, 7) is 8.29. The lowest BCUT2D eigenvalue weighted by molar-refractivity contribution is -0.191. The smallest absolute Gasteiger partial charge is 0.343 e. The second kappa shape index (κ2) is 8.37. The molecule has 2 aromatic carbocycles. The SMILES string of the molecule is CO[C@](C)(C(=O)O[C@@H]1CC[C@]2(C)CC[C@@H]3[C@@H](OC(=O)[C@H]3C)[C@H]2[C@@H]1C)c1cccc2ccccc12. The number of methoxy groups -OCH3 is 1. The Labute approximate surface area is 202 Å². The van der Waals surface area contributed by atoms with E-state index >= 15 is 0 Å². The maximum Gasteiger partial charge on any atom is 0.343 e. The van der Waals surface area contributed by atoms with Gasteiger partial charge in [0.1, 0.15) is 12.2 Å². The maximum absolute atomic E-state index is 13.7. The summed E-state index contributed by atoms with van der Waals surface area (Å²) in [7, 11) is 1.56. The summed E-state index contributed by atoms with van der Waals surface area (Å²) in [5.74, 6) is 0.0694. The fourth-order valence-electron chi connectivity index (χ4n) is 7.15. The minimum Gasteiger partial charge on any atom is -0.462 e. The summed E-state index contributed by atoms with van der Waals surface area (Å²) in [5.41, 5.74) is -0.304. The molecule has 3 aliphatic rings. The summed E-state index contributed by atoms with van der Waals surface area (Å²) >= 11 is 0. The van der Waals surface area contributed by atoms with Gasteiger partial charge in [-0.2, -0.15) is 0 Å². The van der Waals surface area contributed by atoms with Crippen molar-refractivity contribution in [3.05, 3.63) is 48.0 Å². The Kier molecular flexibility index (Phi) is 5.75. The number of benzene rings is 2. The van der Waals surface area contributed by atoms with E-state index in [0.717, 1.165) is 42.0 Å². The monoisotopic (exact) mass is 464 g/mol. The number of carbonyl (C=O) groups is 2. The lowest BCUT2D eigenvalue weighted by atomic mass is 9.52. The molecule has 0 amide bonds. The molecular formula is C29H36O5. The first kappa shape index (κ1) is 23.3. The van der Waals surface area contributed by atoms with Crippen LogP contribution >= 0.6 is 0 Å². The van der Waals surface area contributed by atoms with Gasteiger partial charge in [0.05, 0.1) is 5.92 Å². The van der Waals surface area contributed by atoms with Crippen LogP contribution in [0.15, 0.2) is 42.5 Å². The third-order valence-electron chi connectivity index (χ3n) is 9.41. The van der Waals surface area contributed by atoms with Crippen LogP contribution in [0.1, 0.15) is 58.9 Å². The van der Waals surface area contributed by atoms with Crippen molar-refractivity contribution in [1.82, 2.24) is 0 Å². The van der Waals surface area contributed by atoms with Gasteiger partial charge >= 0.3 is 11.9 Å². The molecule has 1 aliphatic heterocycles. The van der Waals surface area contributed by atoms with Crippen molar-refractivity contribution in [2.45, 2.75) is 71.2 Å². The molecule has 182 valence electrons. The van der Waals surface area contributed by atoms with Gasteiger partial charge in [-0.1, -0.05) is 63.2 Å². The zero-order chi connectivity index (χ0) is 24.3. The normalized spacial score (nSPS) is 36.8. The second-order valence-electron chi connectivity index (χ2n) is 11.2. The summed E-state index contributed by atoms with van der Waals surface area (Å²) in [4.78, 5) is 26.1. The van der Waals surface area contributed by atoms with Gasteiger partial charge in [-0.25, -0.2) is 4.79 Å². The first-order valence-corrected chi connectivity index (χ1v) is 12.6. The van der Waals surface area contributed by atoms with E-state index in [2.05, 4.69) is 13.8 Å². The topological polar surface area (TPSA) is 61.8 Å². The predicted molar refractivity (Wildman–Crippen MR) is 130 cm³/mol. The molecular weight excluding hydrogens is 428 g/mol. The molecule has 5 nitrogen and oxygen atoms in total. The van der Waals surface area contributed by atoms with Gasteiger partial charge < -0.3 is 14.2 Å². The van der Waals surface area contributed by atoms with Gasteiger partial charge in [0, 0.05) is 24.5 Å². The predicted octanol–water partition coefficient (Wildman–Crippen LogP) is 5.64. The van der Waals surface area contributed by atoms with Crippen LogP contribution in [0.5, 0.6) is 0 Å². The highest BCUT2D eigenvalue weighted by atomic mass is 16.6. The molecule has 3 fully saturated rings. The van der Waals surface area contributed by atoms with Crippen LogP contribution in [0.2, 0.25) is 0 Å². The van der Waals surface area contributed by atoms with Gasteiger partial charge in [0.25, 0.3) is 0 Å². The average Bonchev–Trinajstić information content (AvgIpc) is 3.12. The van der Waals surface area contributed by atoms with Crippen LogP contribution in [0.3, 0.4) is 0 Å². The molecule has 0 radical (unpaired) electrons. The maximum atomic E-state index is 13.7. The van der Waals surface area contributed by atoms with E-state index in [1.54, 1.807) is 14.0 Å². The lowest BCUT2D eigenvalue weighted by Gasteiger charge is -2.54. The van der Waals surface area contributed by atoms with Crippen LogP contribution in [0.25, 0.3) is 10.8 Å². The van der Waals surface area contributed by atoms with E-state index in [0.29, 0.717) is 0 Å². The fraction of sp³-hybridized carbons (Fsp3) is 0.586. The Bertz CT molecular complexity index is 1110. The highest BCUT2D eigenvalue weighted by molar-refractivity contribution is 5.92. The summed E-state index contributed by atoms with van der Waals surface area (Å²) < 4.78 is 18.0. The Morgan fingerprint density at radius 3 is 2.56 bits per heavy atom. The average molecular weight is 465 g/mol. The van der Waals surface area contributed by atoms with E-state index in [-0.39, 0.29) is 53.2 Å². The van der Waals surface area contributed by atoms with Crippen molar-refractivity contribution < 1.29 is 23.8 Å². The van der Waals surface area contributed by atoms with Crippen molar-refractivity contribution in [2.24, 2.45) is 29.1 Å². The lowest BCUT2D eigenvalue weighted by Crippen LogP contribution is -2.54. The number of hydrogen-bond acceptors (Lipinski definition) is 5. The van der Waals surface area contributed by atoms with Gasteiger partial charge in [0.2, 0.25) is 0 Å². The van der Waals surface area contributed by atoms with Crippen molar-refractivity contribution in [2.75, 3.05) is 7.11 Å². The fourth-order valence-corrected chi connectivity index (χ4v) is 7.15. The molecule has 34 heavy (non-hydrogen) atoms. The zero-order valence-electron chi connectivity index (χ0n) is 20.9. The first-order valence-electron chi connectivity index (χ1n) is 12.6. The standard InChI is InChI=1S/C29H36O5/c1-17-20-13-15-28(3)16-14-23(18(2)24(28)25(20)34-26(17)30)33-27(31)29(4,32-5)22-12-8-10-19-9-6-7-11-21(19)22/h6-12,17-18,20,23-25H,13-16H2,1-5H3/t17-,18+,20-,23+,24+,25+,28-,29-/m0/s1. The molecule has 0 N–H and O–H groups in total. The minimum atomic E-state index is -1.22. The molecule has 2 aliphatic carbocycles. The Morgan fingerprint density at radius 1 is 1.09 bits per heavy atom. The third kappa shape index (κ3) is 3.46. The second-order valence-corrected chi connectivity index (χ2v) is 11.2. The van der Waals surface area contributed by atoms with E-state index in [9.17, 15) is 9.59 Å². The molecule has 2 aromatic rings. The number of fused-ring (bicyclic) bond motifs is 4. The van der Waals surface area contributed by atoms with E-state index in [1.165, 1.54) is 0 Å². The van der Waals surface area contributed by atoms with Crippen molar-refractivity contribution in [1.29, 1.82) is 0 Å². The molecule has 0 aromatic heterocycles. The Morgan fingerprint density at radius 2 is 1.79 bits per heavy atom. The Hall–Kier alpha value is -2.40. The molecule has 0 unspecified atom stereocenters. The van der Waals surface area contributed by atoms with Crippen molar-refractivity contribution >= 4 is 22.7 Å². The van der Waals surface area contributed by atoms with Crippen LogP contribution in [-0.2, 0) is 29.4 Å². The summed E-state index contributed by atoms with van der Waals surface area (Å²) in [6, 6.07) is 13.9. The summed E-state index contributed by atoms with van der Waals surface area (Å²) in [6.07, 6.45) is 3.60. The molecule has 2 saturated carbocycles. The zero-order valence-corrected chi connectivity index (χ0v) is 20.9. The molecule has 1 saturated heterocycles. The quantitative estimate of drug-likeness (QED) is 0.548. The van der Waals surface area contributed by atoms with Crippen molar-refractivity contribution in [3.63, 3.8) is 0 Å². The Balaban J connectivity index is 1.41. The van der Waals surface area contributed by atoms with Crippen LogP contribution in [0, 0.1) is 29.1 Å². The van der Waals surface area contributed by atoms with Gasteiger partial charge in [0.15, 0.2) is 5.60 Å². The molecule has 0 spiro atoms. The molecule has 5 heteroatoms. The van der Waals surface area contributed by atoms with Crippen molar-refractivity contribution in [3.8, 4) is 0 Å². The number of hydrogen-bond donors (Lipinski definition) is 0. The minimum absolute atomic E-state index is 0.0483. The number of carbonyl (C=O) groups excluding carboxylic acids is 2. The molecule has 1 heterocycles. The molecule has 5 rings (SSSR count). The number of esters is 2. The molecule has 8 atom stereocenters. The van der Waals surface area contributed by atoms with Crippen LogP contribution < -0.4 is 0 Å². The summed E-state index contributed by atoms with van der Waals surface area (Å²) in [5, 5.41) is 2.04. The van der Waals surface area contributed by atoms with E-state index in [4.69, 9.17) is 14.2 Å². The van der Waals surface area contributed by atoms with Crippen LogP contribution in [0.4, 0.5) is 0 Å². The van der Waals surface area contributed by atoms with E-state index in [1.807, 2.05) is 49.4 Å². The first-order chi connectivity index (χ1) is 16.2. The number of rotatable bonds is 4. The van der Waals surface area contributed by atoms with Crippen LogP contribution in [-0.4, -0.2) is 31.3 Å². The molecule has 0 bridgehead atoms. The van der Waals surface area contributed by atoms with Gasteiger partial charge in [-0.15, -0.1) is 0 Å². The highest BCUT2D eigenvalue weighted by Gasteiger charge is 2.59. The van der Waals surface area contributed by atoms with Gasteiger partial charge in [-0.05, 0) is 54.7 Å². The number of ether oxygens (including phenoxy) is 3. The van der Waals surface area contributed by atoms with E-state index < -0.39 is 5.60 Å². The van der Waals surface area contributed by atoms with Gasteiger partial charge in [-0.3, -0.25) is 4.79 Å². The third-order valence-corrected chi connectivity index (χ3v) is 9.41. The largest absolute Gasteiger partial charge is 0.462 e.